The van der Waals surface area contributed by atoms with Gasteiger partial charge < -0.3 is 5.32 Å². The first-order chi connectivity index (χ1) is 11.9. The summed E-state index contributed by atoms with van der Waals surface area (Å²) in [6.07, 6.45) is 1.32. The first-order valence-electron chi connectivity index (χ1n) is 8.64. The molecule has 4 heteroatoms. The lowest BCUT2D eigenvalue weighted by Gasteiger charge is -2.37. The SMILES string of the molecule is CC1(C)CC(=O)C2C(=Nc3ccccc3NC2c2ccc(F)cc2)C1. The summed E-state index contributed by atoms with van der Waals surface area (Å²) < 4.78 is 13.4. The van der Waals surface area contributed by atoms with Crippen LogP contribution in [0.3, 0.4) is 0 Å². The smallest absolute Gasteiger partial charge is 0.144 e. The van der Waals surface area contributed by atoms with E-state index in [9.17, 15) is 9.18 Å². The number of carbonyl (C=O) groups is 1. The zero-order chi connectivity index (χ0) is 17.6. The summed E-state index contributed by atoms with van der Waals surface area (Å²) in [4.78, 5) is 17.9. The monoisotopic (exact) mass is 336 g/mol. The van der Waals surface area contributed by atoms with Gasteiger partial charge in [-0.05, 0) is 41.7 Å². The Kier molecular flexibility index (Phi) is 3.71. The maximum atomic E-state index is 13.4. The summed E-state index contributed by atoms with van der Waals surface area (Å²) in [6, 6.07) is 14.0. The molecule has 2 atom stereocenters. The minimum Gasteiger partial charge on any atom is -0.375 e. The van der Waals surface area contributed by atoms with E-state index in [-0.39, 0.29) is 29.0 Å². The van der Waals surface area contributed by atoms with Gasteiger partial charge in [0.2, 0.25) is 0 Å². The largest absolute Gasteiger partial charge is 0.375 e. The number of benzene rings is 2. The summed E-state index contributed by atoms with van der Waals surface area (Å²) in [5.74, 6) is -0.390. The molecular weight excluding hydrogens is 315 g/mol. The lowest BCUT2D eigenvalue weighted by atomic mass is 9.68. The second-order valence-electron chi connectivity index (χ2n) is 7.76. The van der Waals surface area contributed by atoms with Gasteiger partial charge in [-0.25, -0.2) is 4.39 Å². The van der Waals surface area contributed by atoms with E-state index >= 15 is 0 Å². The molecule has 0 radical (unpaired) electrons. The normalized spacial score (nSPS) is 24.4. The van der Waals surface area contributed by atoms with Crippen molar-refractivity contribution in [3.8, 4) is 0 Å². The van der Waals surface area contributed by atoms with Crippen molar-refractivity contribution in [3.63, 3.8) is 0 Å². The predicted molar refractivity (Wildman–Crippen MR) is 97.8 cm³/mol. The molecule has 0 spiro atoms. The van der Waals surface area contributed by atoms with E-state index < -0.39 is 0 Å². The van der Waals surface area contributed by atoms with Crippen LogP contribution in [0.2, 0.25) is 0 Å². The van der Waals surface area contributed by atoms with Crippen LogP contribution in [0, 0.1) is 17.2 Å². The molecule has 1 aliphatic heterocycles. The molecule has 2 aromatic rings. The van der Waals surface area contributed by atoms with E-state index in [1.165, 1.54) is 12.1 Å². The van der Waals surface area contributed by atoms with Gasteiger partial charge >= 0.3 is 0 Å². The fourth-order valence-electron chi connectivity index (χ4n) is 3.96. The van der Waals surface area contributed by atoms with E-state index in [1.807, 2.05) is 24.3 Å². The molecule has 1 N–H and O–H groups in total. The van der Waals surface area contributed by atoms with Crippen LogP contribution in [0.5, 0.6) is 0 Å². The van der Waals surface area contributed by atoms with Gasteiger partial charge in [-0.1, -0.05) is 38.1 Å². The van der Waals surface area contributed by atoms with Crippen molar-refractivity contribution in [3.05, 3.63) is 59.9 Å². The highest BCUT2D eigenvalue weighted by atomic mass is 19.1. The van der Waals surface area contributed by atoms with Crippen LogP contribution in [0.25, 0.3) is 0 Å². The molecule has 0 saturated heterocycles. The number of nitrogens with one attached hydrogen (secondary N) is 1. The molecule has 0 amide bonds. The van der Waals surface area contributed by atoms with Gasteiger partial charge in [-0.3, -0.25) is 9.79 Å². The quantitative estimate of drug-likeness (QED) is 0.790. The lowest BCUT2D eigenvalue weighted by molar-refractivity contribution is -0.124. The van der Waals surface area contributed by atoms with E-state index in [0.29, 0.717) is 6.42 Å². The Hall–Kier alpha value is -2.49. The third-order valence-corrected chi connectivity index (χ3v) is 5.06. The number of halogens is 1. The molecule has 0 bridgehead atoms. The molecule has 25 heavy (non-hydrogen) atoms. The Balaban J connectivity index is 1.86. The fourth-order valence-corrected chi connectivity index (χ4v) is 3.96. The van der Waals surface area contributed by atoms with Crippen LogP contribution in [0.4, 0.5) is 15.8 Å². The number of Topliss-reactive ketones (excluding diaryl/α,β-unsaturated/α-hetero) is 1. The van der Waals surface area contributed by atoms with Gasteiger partial charge in [0.15, 0.2) is 0 Å². The Morgan fingerprint density at radius 2 is 1.80 bits per heavy atom. The highest BCUT2D eigenvalue weighted by Crippen LogP contribution is 2.44. The number of carbonyl (C=O) groups excluding carboxylic acids is 1. The number of aliphatic imine (C=N–C) groups is 1. The maximum Gasteiger partial charge on any atom is 0.144 e. The third-order valence-electron chi connectivity index (χ3n) is 5.06. The van der Waals surface area contributed by atoms with E-state index in [2.05, 4.69) is 19.2 Å². The van der Waals surface area contributed by atoms with Gasteiger partial charge in [-0.2, -0.15) is 0 Å². The Bertz CT molecular complexity index is 854. The van der Waals surface area contributed by atoms with E-state index in [1.54, 1.807) is 12.1 Å². The van der Waals surface area contributed by atoms with E-state index in [0.717, 1.165) is 29.1 Å². The highest BCUT2D eigenvalue weighted by Gasteiger charge is 2.43. The second kappa shape index (κ2) is 5.80. The molecule has 2 aliphatic rings. The first kappa shape index (κ1) is 16.0. The zero-order valence-corrected chi connectivity index (χ0v) is 14.4. The number of nitrogens with zero attached hydrogens (tertiary/aromatic N) is 1. The summed E-state index contributed by atoms with van der Waals surface area (Å²) in [5, 5.41) is 3.49. The summed E-state index contributed by atoms with van der Waals surface area (Å²) >= 11 is 0. The van der Waals surface area contributed by atoms with Gasteiger partial charge in [-0.15, -0.1) is 0 Å². The molecule has 1 saturated carbocycles. The van der Waals surface area contributed by atoms with Crippen molar-refractivity contribution < 1.29 is 9.18 Å². The predicted octanol–water partition coefficient (Wildman–Crippen LogP) is 5.07. The van der Waals surface area contributed by atoms with Crippen LogP contribution < -0.4 is 5.32 Å². The summed E-state index contributed by atoms with van der Waals surface area (Å²) in [6.45, 7) is 4.22. The molecule has 3 nitrogen and oxygen atoms in total. The molecule has 0 aromatic heterocycles. The first-order valence-corrected chi connectivity index (χ1v) is 8.64. The average Bonchev–Trinajstić information content (AvgIpc) is 2.70. The number of para-hydroxylation sites is 2. The second-order valence-corrected chi connectivity index (χ2v) is 7.76. The van der Waals surface area contributed by atoms with Crippen molar-refractivity contribution >= 4 is 22.9 Å². The Morgan fingerprint density at radius 3 is 2.56 bits per heavy atom. The van der Waals surface area contributed by atoms with Gasteiger partial charge in [0.25, 0.3) is 0 Å². The van der Waals surface area contributed by atoms with Crippen molar-refractivity contribution in [2.45, 2.75) is 32.7 Å². The third kappa shape index (κ3) is 2.97. The van der Waals surface area contributed by atoms with Gasteiger partial charge in [0, 0.05) is 12.1 Å². The Labute approximate surface area is 147 Å². The minimum atomic E-state index is -0.314. The molecule has 1 heterocycles. The number of ketones is 1. The molecule has 128 valence electrons. The van der Waals surface area contributed by atoms with Crippen molar-refractivity contribution in [2.24, 2.45) is 16.3 Å². The fraction of sp³-hybridized carbons (Fsp3) is 0.333. The number of rotatable bonds is 1. The van der Waals surface area contributed by atoms with Crippen molar-refractivity contribution in [1.29, 1.82) is 0 Å². The molecule has 2 unspecified atom stereocenters. The van der Waals surface area contributed by atoms with E-state index in [4.69, 9.17) is 4.99 Å². The molecular formula is C21H21FN2O. The Morgan fingerprint density at radius 1 is 1.08 bits per heavy atom. The lowest BCUT2D eigenvalue weighted by Crippen LogP contribution is -2.42. The zero-order valence-electron chi connectivity index (χ0n) is 14.4. The van der Waals surface area contributed by atoms with Crippen LogP contribution in [0.1, 0.15) is 38.3 Å². The molecule has 1 aliphatic carbocycles. The standard InChI is InChI=1S/C21H21FN2O/c1-21(2)11-17-19(18(25)12-21)20(13-7-9-14(22)10-8-13)24-16-6-4-3-5-15(16)23-17/h3-10,19-20,24H,11-12H2,1-2H3. The number of fused-ring (bicyclic) bond motifs is 2. The molecule has 1 fully saturated rings. The van der Waals surface area contributed by atoms with Crippen LogP contribution in [-0.2, 0) is 4.79 Å². The van der Waals surface area contributed by atoms with Crippen LogP contribution in [-0.4, -0.2) is 11.5 Å². The van der Waals surface area contributed by atoms with Crippen molar-refractivity contribution in [2.75, 3.05) is 5.32 Å². The summed E-state index contributed by atoms with van der Waals surface area (Å²) in [7, 11) is 0. The number of hydrogen-bond donors (Lipinski definition) is 1. The maximum absolute atomic E-state index is 13.4. The minimum absolute atomic E-state index is 0.0843. The molecule has 2 aromatic carbocycles. The van der Waals surface area contributed by atoms with Crippen LogP contribution in [0.15, 0.2) is 53.5 Å². The van der Waals surface area contributed by atoms with Crippen LogP contribution >= 0.6 is 0 Å². The summed E-state index contributed by atoms with van der Waals surface area (Å²) in [5.41, 5.74) is 3.51. The number of anilines is 1. The van der Waals surface area contributed by atoms with Gasteiger partial charge in [0.1, 0.15) is 11.6 Å². The average molecular weight is 336 g/mol. The topological polar surface area (TPSA) is 41.5 Å². The highest BCUT2D eigenvalue weighted by molar-refractivity contribution is 6.10. The van der Waals surface area contributed by atoms with Gasteiger partial charge in [0.05, 0.1) is 23.3 Å². The molecule has 4 rings (SSSR count). The number of hydrogen-bond acceptors (Lipinski definition) is 3. The van der Waals surface area contributed by atoms with Crippen molar-refractivity contribution in [1.82, 2.24) is 0 Å².